The highest BCUT2D eigenvalue weighted by Gasteiger charge is 2.41. The van der Waals surface area contributed by atoms with E-state index in [2.05, 4.69) is 26.5 Å². The zero-order chi connectivity index (χ0) is 29.9. The number of nitrogens with one attached hydrogen (secondary N) is 1. The van der Waals surface area contributed by atoms with Crippen molar-refractivity contribution in [2.75, 3.05) is 0 Å². The molecule has 4 aromatic rings. The first-order valence-electron chi connectivity index (χ1n) is 14.1. The predicted octanol–water partition coefficient (Wildman–Crippen LogP) is 5.34. The molecule has 1 fully saturated rings. The SMILES string of the molecule is CC(C)(C)OC(=O)NC(C)(C(=O)On1ccc2c(-c3cnn([C@H](CC#N)C4CCCC4)c3)ncnc21)c1ccccc1. The fraction of sp³-hybridized carbons (Fsp3) is 0.419. The molecule has 1 aliphatic rings. The third-order valence-electron chi connectivity index (χ3n) is 7.60. The van der Waals surface area contributed by atoms with Crippen molar-refractivity contribution in [1.82, 2.24) is 29.8 Å². The van der Waals surface area contributed by atoms with E-state index in [-0.39, 0.29) is 6.04 Å². The maximum absolute atomic E-state index is 13.7. The van der Waals surface area contributed by atoms with Gasteiger partial charge in [-0.15, -0.1) is 0 Å². The number of carbonyl (C=O) groups excluding carboxylic acids is 2. The molecule has 0 aliphatic heterocycles. The van der Waals surface area contributed by atoms with E-state index in [0.717, 1.165) is 18.4 Å². The highest BCUT2D eigenvalue weighted by atomic mass is 16.7. The summed E-state index contributed by atoms with van der Waals surface area (Å²) in [4.78, 5) is 41.1. The third-order valence-corrected chi connectivity index (χ3v) is 7.60. The Bertz CT molecular complexity index is 1610. The van der Waals surface area contributed by atoms with Gasteiger partial charge in [0.25, 0.3) is 0 Å². The van der Waals surface area contributed by atoms with E-state index in [9.17, 15) is 14.9 Å². The number of aromatic nitrogens is 5. The molecule has 11 nitrogen and oxygen atoms in total. The lowest BCUT2D eigenvalue weighted by molar-refractivity contribution is -0.151. The molecule has 0 bridgehead atoms. The van der Waals surface area contributed by atoms with Crippen LogP contribution >= 0.6 is 0 Å². The van der Waals surface area contributed by atoms with E-state index in [0.29, 0.717) is 34.6 Å². The lowest BCUT2D eigenvalue weighted by atomic mass is 9.92. The second kappa shape index (κ2) is 11.6. The molecule has 0 radical (unpaired) electrons. The number of hydrogen-bond acceptors (Lipinski definition) is 8. The summed E-state index contributed by atoms with van der Waals surface area (Å²) in [6, 6.07) is 12.9. The monoisotopic (exact) mass is 569 g/mol. The first-order valence-corrected chi connectivity index (χ1v) is 14.1. The Hall–Kier alpha value is -4.72. The molecule has 0 spiro atoms. The predicted molar refractivity (Wildman–Crippen MR) is 155 cm³/mol. The number of nitriles is 1. The van der Waals surface area contributed by atoms with E-state index < -0.39 is 23.2 Å². The zero-order valence-corrected chi connectivity index (χ0v) is 24.3. The van der Waals surface area contributed by atoms with Crippen LogP contribution in [0.3, 0.4) is 0 Å². The molecule has 11 heteroatoms. The smallest absolute Gasteiger partial charge is 0.408 e. The maximum atomic E-state index is 13.7. The van der Waals surface area contributed by atoms with Gasteiger partial charge in [0.2, 0.25) is 0 Å². The summed E-state index contributed by atoms with van der Waals surface area (Å²) >= 11 is 0. The molecule has 3 aromatic heterocycles. The van der Waals surface area contributed by atoms with Gasteiger partial charge in [-0.25, -0.2) is 19.6 Å². The van der Waals surface area contributed by atoms with Crippen molar-refractivity contribution in [2.24, 2.45) is 5.92 Å². The van der Waals surface area contributed by atoms with Gasteiger partial charge in [0, 0.05) is 23.3 Å². The Morgan fingerprint density at radius 1 is 1.12 bits per heavy atom. The lowest BCUT2D eigenvalue weighted by Gasteiger charge is -2.30. The minimum atomic E-state index is -1.56. The number of rotatable bonds is 8. The van der Waals surface area contributed by atoms with Gasteiger partial charge in [-0.3, -0.25) is 4.68 Å². The average Bonchev–Trinajstić information content (AvgIpc) is 3.73. The molecular formula is C31H35N7O4. The number of benzene rings is 1. The Morgan fingerprint density at radius 2 is 1.86 bits per heavy atom. The third kappa shape index (κ3) is 5.98. The van der Waals surface area contributed by atoms with Gasteiger partial charge in [0.15, 0.2) is 11.2 Å². The summed E-state index contributed by atoms with van der Waals surface area (Å²) in [7, 11) is 0. The zero-order valence-electron chi connectivity index (χ0n) is 24.3. The van der Waals surface area contributed by atoms with Crippen molar-refractivity contribution in [3.8, 4) is 17.3 Å². The number of ether oxygens (including phenoxy) is 1. The molecule has 42 heavy (non-hydrogen) atoms. The van der Waals surface area contributed by atoms with Gasteiger partial charge < -0.3 is 14.9 Å². The molecule has 2 atom stereocenters. The highest BCUT2D eigenvalue weighted by Crippen LogP contribution is 2.37. The first kappa shape index (κ1) is 28.8. The standard InChI is InChI=1S/C31H35N7O4/c1-30(2,3)41-29(40)36-31(4,23-12-6-5-7-13-23)28(39)42-38-17-15-24-26(33-20-34-27(24)38)22-18-35-37(19-22)25(14-16-32)21-10-8-9-11-21/h5-7,12-13,15,17-21,25H,8-11,14H2,1-4H3,(H,36,40)/t25-,31?/m1/s1. The normalized spacial score (nSPS) is 16.0. The van der Waals surface area contributed by atoms with Crippen molar-refractivity contribution < 1.29 is 19.2 Å². The minimum absolute atomic E-state index is 0.0160. The van der Waals surface area contributed by atoms with Crippen molar-refractivity contribution >= 4 is 23.1 Å². The van der Waals surface area contributed by atoms with Crippen LogP contribution < -0.4 is 10.2 Å². The molecule has 3 heterocycles. The second-order valence-electron chi connectivity index (χ2n) is 11.8. The van der Waals surface area contributed by atoms with Crippen LogP contribution in [0.4, 0.5) is 4.79 Å². The van der Waals surface area contributed by atoms with Crippen molar-refractivity contribution in [3.05, 3.63) is 66.9 Å². The Labute approximate surface area is 244 Å². The number of nitrogens with zero attached hydrogens (tertiary/aromatic N) is 6. The Balaban J connectivity index is 1.43. The van der Waals surface area contributed by atoms with Crippen molar-refractivity contribution in [3.63, 3.8) is 0 Å². The summed E-state index contributed by atoms with van der Waals surface area (Å²) in [6.07, 6.45) is 10.8. The number of fused-ring (bicyclic) bond motifs is 1. The number of hydrogen-bond donors (Lipinski definition) is 1. The number of amides is 1. The number of alkyl carbamates (subject to hydrolysis) is 1. The van der Waals surface area contributed by atoms with Crippen LogP contribution in [0.5, 0.6) is 0 Å². The molecule has 1 unspecified atom stereocenters. The quantitative estimate of drug-likeness (QED) is 0.300. The van der Waals surface area contributed by atoms with Crippen LogP contribution in [0.2, 0.25) is 0 Å². The van der Waals surface area contributed by atoms with E-state index in [1.807, 2.05) is 16.9 Å². The van der Waals surface area contributed by atoms with E-state index in [1.165, 1.54) is 23.9 Å². The largest absolute Gasteiger partial charge is 0.444 e. The summed E-state index contributed by atoms with van der Waals surface area (Å²) in [5.74, 6) is -0.308. The molecule has 1 saturated carbocycles. The molecule has 1 N–H and O–H groups in total. The molecule has 5 rings (SSSR count). The van der Waals surface area contributed by atoms with E-state index >= 15 is 0 Å². The molecule has 1 amide bonds. The molecule has 0 saturated heterocycles. The summed E-state index contributed by atoms with van der Waals surface area (Å²) < 4.78 is 8.58. The van der Waals surface area contributed by atoms with Crippen LogP contribution in [0.25, 0.3) is 22.3 Å². The van der Waals surface area contributed by atoms with Crippen LogP contribution in [0.1, 0.15) is 71.4 Å². The van der Waals surface area contributed by atoms with Gasteiger partial charge in [-0.1, -0.05) is 43.2 Å². The number of carbonyl (C=O) groups is 2. The summed E-state index contributed by atoms with van der Waals surface area (Å²) in [5.41, 5.74) is -0.0243. The maximum Gasteiger partial charge on any atom is 0.408 e. The highest BCUT2D eigenvalue weighted by molar-refractivity contribution is 5.91. The summed E-state index contributed by atoms with van der Waals surface area (Å²) in [5, 5.41) is 17.4. The van der Waals surface area contributed by atoms with Crippen molar-refractivity contribution in [1.29, 1.82) is 5.26 Å². The van der Waals surface area contributed by atoms with Gasteiger partial charge in [-0.2, -0.15) is 15.1 Å². The second-order valence-corrected chi connectivity index (χ2v) is 11.8. The van der Waals surface area contributed by atoms with Gasteiger partial charge >= 0.3 is 12.1 Å². The molecule has 1 aromatic carbocycles. The van der Waals surface area contributed by atoms with Crippen LogP contribution in [0, 0.1) is 17.2 Å². The van der Waals surface area contributed by atoms with Gasteiger partial charge in [-0.05, 0) is 58.1 Å². The van der Waals surface area contributed by atoms with Crippen LogP contribution in [-0.2, 0) is 15.1 Å². The first-order chi connectivity index (χ1) is 20.1. The van der Waals surface area contributed by atoms with Crippen LogP contribution in [0.15, 0.2) is 61.3 Å². The average molecular weight is 570 g/mol. The Kier molecular flexibility index (Phi) is 7.98. The minimum Gasteiger partial charge on any atom is -0.444 e. The van der Waals surface area contributed by atoms with Crippen LogP contribution in [-0.4, -0.2) is 42.1 Å². The fourth-order valence-corrected chi connectivity index (χ4v) is 5.49. The van der Waals surface area contributed by atoms with Crippen molar-refractivity contribution in [2.45, 2.75) is 77.0 Å². The van der Waals surface area contributed by atoms with E-state index in [1.54, 1.807) is 70.4 Å². The fourth-order valence-electron chi connectivity index (χ4n) is 5.49. The van der Waals surface area contributed by atoms with E-state index in [4.69, 9.17) is 9.57 Å². The summed E-state index contributed by atoms with van der Waals surface area (Å²) in [6.45, 7) is 6.81. The lowest BCUT2D eigenvalue weighted by Crippen LogP contribution is -2.53. The van der Waals surface area contributed by atoms with Gasteiger partial charge in [0.05, 0.1) is 30.4 Å². The Morgan fingerprint density at radius 3 is 2.55 bits per heavy atom. The topological polar surface area (TPSA) is 137 Å². The molecular weight excluding hydrogens is 534 g/mol. The molecule has 1 aliphatic carbocycles. The molecule has 218 valence electrons. The van der Waals surface area contributed by atoms with Gasteiger partial charge in [0.1, 0.15) is 11.9 Å².